The molecule has 1 unspecified atom stereocenters. The van der Waals surface area contributed by atoms with Crippen molar-refractivity contribution in [3.63, 3.8) is 0 Å². The third-order valence-electron chi connectivity index (χ3n) is 4.43. The molecule has 0 aliphatic carbocycles. The van der Waals surface area contributed by atoms with Crippen LogP contribution in [0, 0.1) is 18.3 Å². The van der Waals surface area contributed by atoms with E-state index < -0.39 is 0 Å². The first kappa shape index (κ1) is 21.6. The van der Waals surface area contributed by atoms with Gasteiger partial charge in [-0.15, -0.1) is 11.3 Å². The van der Waals surface area contributed by atoms with Crippen LogP contribution >= 0.6 is 11.3 Å². The van der Waals surface area contributed by atoms with Gasteiger partial charge in [-0.3, -0.25) is 4.99 Å². The van der Waals surface area contributed by atoms with Crippen molar-refractivity contribution in [2.45, 2.75) is 39.8 Å². The van der Waals surface area contributed by atoms with Crippen molar-refractivity contribution in [1.29, 1.82) is 5.26 Å². The van der Waals surface area contributed by atoms with Gasteiger partial charge in [0, 0.05) is 6.54 Å². The van der Waals surface area contributed by atoms with Gasteiger partial charge in [-0.1, -0.05) is 19.9 Å². The van der Waals surface area contributed by atoms with Gasteiger partial charge >= 0.3 is 0 Å². The number of thiophene rings is 1. The normalized spacial score (nSPS) is 11.9. The number of benzene rings is 1. The van der Waals surface area contributed by atoms with E-state index in [0.29, 0.717) is 11.5 Å². The van der Waals surface area contributed by atoms with Gasteiger partial charge in [-0.05, 0) is 48.6 Å². The van der Waals surface area contributed by atoms with Crippen LogP contribution < -0.4 is 20.1 Å². The minimum atomic E-state index is -0.227. The average molecular weight is 401 g/mol. The monoisotopic (exact) mass is 400 g/mol. The van der Waals surface area contributed by atoms with Crippen LogP contribution in [0.5, 0.6) is 11.5 Å². The van der Waals surface area contributed by atoms with Gasteiger partial charge in [0.25, 0.3) is 0 Å². The first-order chi connectivity index (χ1) is 13.6. The zero-order valence-corrected chi connectivity index (χ0v) is 17.9. The molecule has 0 fully saturated rings. The lowest BCUT2D eigenvalue weighted by Gasteiger charge is -2.21. The van der Waals surface area contributed by atoms with Crippen molar-refractivity contribution < 1.29 is 9.47 Å². The van der Waals surface area contributed by atoms with Gasteiger partial charge < -0.3 is 20.1 Å². The quantitative estimate of drug-likeness (QED) is 0.345. The highest BCUT2D eigenvalue weighted by atomic mass is 32.1. The van der Waals surface area contributed by atoms with Crippen LogP contribution in [0.3, 0.4) is 0 Å². The topological polar surface area (TPSA) is 78.7 Å². The molecular weight excluding hydrogens is 372 g/mol. The Kier molecular flexibility index (Phi) is 8.15. The molecule has 0 aliphatic heterocycles. The largest absolute Gasteiger partial charge is 0.493 e. The fraction of sp³-hybridized carbons (Fsp3) is 0.429. The number of hydrogen-bond acceptors (Lipinski definition) is 6. The highest BCUT2D eigenvalue weighted by Crippen LogP contribution is 2.36. The maximum atomic E-state index is 9.39. The van der Waals surface area contributed by atoms with Crippen LogP contribution in [0.2, 0.25) is 0 Å². The summed E-state index contributed by atoms with van der Waals surface area (Å²) in [7, 11) is 3.24. The predicted octanol–water partition coefficient (Wildman–Crippen LogP) is 4.65. The summed E-state index contributed by atoms with van der Waals surface area (Å²) in [6, 6.07) is 8.10. The fourth-order valence-electron chi connectivity index (χ4n) is 2.90. The second-order valence-electron chi connectivity index (χ2n) is 6.22. The molecule has 0 spiro atoms. The number of nitrogens with zero attached hydrogens (tertiary/aromatic N) is 2. The van der Waals surface area contributed by atoms with Crippen LogP contribution in [0.25, 0.3) is 0 Å². The van der Waals surface area contributed by atoms with Gasteiger partial charge in [-0.25, -0.2) is 0 Å². The third kappa shape index (κ3) is 4.96. The smallest absolute Gasteiger partial charge is 0.161 e. The minimum Gasteiger partial charge on any atom is -0.493 e. The molecule has 6 nitrogen and oxygen atoms in total. The maximum Gasteiger partial charge on any atom is 0.161 e. The van der Waals surface area contributed by atoms with E-state index in [4.69, 9.17) is 9.47 Å². The lowest BCUT2D eigenvalue weighted by molar-refractivity contribution is 0.354. The van der Waals surface area contributed by atoms with Crippen molar-refractivity contribution in [3.8, 4) is 17.6 Å². The van der Waals surface area contributed by atoms with Crippen LogP contribution in [0.1, 0.15) is 48.0 Å². The van der Waals surface area contributed by atoms with E-state index >= 15 is 0 Å². The Bertz CT molecular complexity index is 855. The Morgan fingerprint density at radius 1 is 1.25 bits per heavy atom. The summed E-state index contributed by atoms with van der Waals surface area (Å²) in [5.41, 5.74) is 3.19. The summed E-state index contributed by atoms with van der Waals surface area (Å²) < 4.78 is 10.8. The minimum absolute atomic E-state index is 0.227. The first-order valence-electron chi connectivity index (χ1n) is 9.34. The van der Waals surface area contributed by atoms with Crippen LogP contribution in [0.15, 0.2) is 23.2 Å². The number of methoxy groups -OCH3 is 2. The molecule has 1 heterocycles. The van der Waals surface area contributed by atoms with Crippen LogP contribution in [0.4, 0.5) is 5.00 Å². The molecule has 1 aromatic carbocycles. The zero-order chi connectivity index (χ0) is 20.5. The lowest BCUT2D eigenvalue weighted by atomic mass is 10.1. The molecule has 2 aromatic rings. The number of hydrogen-bond donors (Lipinski definition) is 2. The lowest BCUT2D eigenvalue weighted by Crippen LogP contribution is -2.27. The standard InChI is InChI=1S/C21H28N4O2S/c1-6-10-23-13-24-20(15-8-9-17(26-4)18(11-15)27-5)25-21-16(7-2)14(3)19(12-22)28-21/h8-9,11,13,20,25H,6-7,10H2,1-5H3,(H,23,24). The molecule has 0 saturated heterocycles. The van der Waals surface area contributed by atoms with E-state index in [2.05, 4.69) is 35.5 Å². The second-order valence-corrected chi connectivity index (χ2v) is 7.24. The summed E-state index contributed by atoms with van der Waals surface area (Å²) in [6.07, 6.45) is 3.35. The number of ether oxygens (including phenoxy) is 2. The Morgan fingerprint density at radius 2 is 2.00 bits per heavy atom. The third-order valence-corrected chi connectivity index (χ3v) is 5.60. The summed E-state index contributed by atoms with van der Waals surface area (Å²) in [4.78, 5) is 5.11. The molecule has 0 radical (unpaired) electrons. The Hall–Kier alpha value is -2.72. The number of rotatable bonds is 10. The summed E-state index contributed by atoms with van der Waals surface area (Å²) in [6.45, 7) is 6.96. The number of aliphatic imine (C=N–C) groups is 1. The second kappa shape index (κ2) is 10.6. The Labute approximate surface area is 171 Å². The number of anilines is 1. The molecule has 2 rings (SSSR count). The molecule has 0 aliphatic rings. The van der Waals surface area contributed by atoms with E-state index in [9.17, 15) is 5.26 Å². The summed E-state index contributed by atoms with van der Waals surface area (Å²) in [5.74, 6) is 1.34. The van der Waals surface area contributed by atoms with Crippen molar-refractivity contribution >= 4 is 22.7 Å². The molecule has 1 aromatic heterocycles. The molecule has 2 N–H and O–H groups in total. The molecule has 1 atom stereocenters. The van der Waals surface area contributed by atoms with Gasteiger partial charge in [-0.2, -0.15) is 5.26 Å². The van der Waals surface area contributed by atoms with Gasteiger partial charge in [0.15, 0.2) is 11.5 Å². The Balaban J connectivity index is 2.39. The SMILES string of the molecule is CCCN=CNC(Nc1sc(C#N)c(C)c1CC)c1ccc(OC)c(OC)c1. The van der Waals surface area contributed by atoms with Gasteiger partial charge in [0.05, 0.1) is 25.6 Å². The van der Waals surface area contributed by atoms with Crippen molar-refractivity contribution in [2.75, 3.05) is 26.1 Å². The molecule has 7 heteroatoms. The fourth-order valence-corrected chi connectivity index (χ4v) is 4.03. The number of nitriles is 1. The highest BCUT2D eigenvalue weighted by Gasteiger charge is 2.19. The van der Waals surface area contributed by atoms with Crippen molar-refractivity contribution in [2.24, 2.45) is 4.99 Å². The van der Waals surface area contributed by atoms with E-state index in [1.165, 1.54) is 16.9 Å². The van der Waals surface area contributed by atoms with Crippen molar-refractivity contribution in [3.05, 3.63) is 39.8 Å². The summed E-state index contributed by atoms with van der Waals surface area (Å²) >= 11 is 1.48. The maximum absolute atomic E-state index is 9.39. The molecule has 0 saturated carbocycles. The average Bonchev–Trinajstić information content (AvgIpc) is 3.03. The number of nitrogens with one attached hydrogen (secondary N) is 2. The van der Waals surface area contributed by atoms with Gasteiger partial charge in [0.1, 0.15) is 17.1 Å². The highest BCUT2D eigenvalue weighted by molar-refractivity contribution is 7.17. The molecule has 0 amide bonds. The van der Waals surface area contributed by atoms with Crippen molar-refractivity contribution in [1.82, 2.24) is 5.32 Å². The van der Waals surface area contributed by atoms with E-state index in [0.717, 1.165) is 40.4 Å². The van der Waals surface area contributed by atoms with E-state index in [-0.39, 0.29) is 6.17 Å². The van der Waals surface area contributed by atoms with E-state index in [1.807, 2.05) is 25.1 Å². The first-order valence-corrected chi connectivity index (χ1v) is 10.2. The van der Waals surface area contributed by atoms with Crippen LogP contribution in [-0.2, 0) is 6.42 Å². The predicted molar refractivity (Wildman–Crippen MR) is 116 cm³/mol. The zero-order valence-electron chi connectivity index (χ0n) is 17.1. The molecule has 0 bridgehead atoms. The molecule has 150 valence electrons. The Morgan fingerprint density at radius 3 is 2.61 bits per heavy atom. The van der Waals surface area contributed by atoms with Crippen LogP contribution in [-0.4, -0.2) is 27.1 Å². The molecule has 28 heavy (non-hydrogen) atoms. The summed E-state index contributed by atoms with van der Waals surface area (Å²) in [5, 5.41) is 17.3. The van der Waals surface area contributed by atoms with Gasteiger partial charge in [0.2, 0.25) is 0 Å². The molecular formula is C21H28N4O2S. The van der Waals surface area contributed by atoms with E-state index in [1.54, 1.807) is 20.6 Å².